The third-order valence-corrected chi connectivity index (χ3v) is 3.89. The molecule has 0 aliphatic carbocycles. The molecular formula is C12H20ClN3O. The van der Waals surface area contributed by atoms with E-state index in [1.807, 2.05) is 11.6 Å². The highest BCUT2D eigenvalue weighted by atomic mass is 35.5. The molecule has 1 fully saturated rings. The third-order valence-electron chi connectivity index (χ3n) is 3.42. The zero-order valence-corrected chi connectivity index (χ0v) is 11.4. The molecular weight excluding hydrogens is 238 g/mol. The standard InChI is InChI=1S/C12H20ClN3O/c1-7(2)10-6-9(4-5-17-10)16-12(14)11(13)8(3)15-16/h7,9-10H,4-6,14H2,1-3H3. The molecule has 1 aromatic heterocycles. The van der Waals surface area contributed by atoms with Crippen LogP contribution >= 0.6 is 11.6 Å². The van der Waals surface area contributed by atoms with Gasteiger partial charge in [-0.3, -0.25) is 0 Å². The molecule has 1 aromatic rings. The van der Waals surface area contributed by atoms with Crippen molar-refractivity contribution in [3.8, 4) is 0 Å². The van der Waals surface area contributed by atoms with Crippen molar-refractivity contribution in [2.75, 3.05) is 12.3 Å². The van der Waals surface area contributed by atoms with Gasteiger partial charge in [-0.05, 0) is 25.7 Å². The highest BCUT2D eigenvalue weighted by Crippen LogP contribution is 2.33. The molecule has 2 heterocycles. The minimum atomic E-state index is 0.288. The number of hydrogen-bond acceptors (Lipinski definition) is 3. The molecule has 0 radical (unpaired) electrons. The Morgan fingerprint density at radius 3 is 2.76 bits per heavy atom. The maximum atomic E-state index is 6.08. The molecule has 0 aromatic carbocycles. The first kappa shape index (κ1) is 12.7. The van der Waals surface area contributed by atoms with Crippen LogP contribution in [0.15, 0.2) is 0 Å². The van der Waals surface area contributed by atoms with Crippen LogP contribution in [0.5, 0.6) is 0 Å². The molecule has 2 rings (SSSR count). The summed E-state index contributed by atoms with van der Waals surface area (Å²) in [5, 5.41) is 5.01. The Morgan fingerprint density at radius 1 is 1.53 bits per heavy atom. The van der Waals surface area contributed by atoms with E-state index in [2.05, 4.69) is 18.9 Å². The van der Waals surface area contributed by atoms with E-state index >= 15 is 0 Å². The second-order valence-electron chi connectivity index (χ2n) is 5.06. The van der Waals surface area contributed by atoms with Crippen LogP contribution < -0.4 is 5.73 Å². The molecule has 1 aliphatic heterocycles. The number of halogens is 1. The Balaban J connectivity index is 2.19. The molecule has 5 heteroatoms. The highest BCUT2D eigenvalue weighted by molar-refractivity contribution is 6.33. The first-order chi connectivity index (χ1) is 8.00. The number of nitrogens with two attached hydrogens (primary N) is 1. The van der Waals surface area contributed by atoms with Crippen molar-refractivity contribution >= 4 is 17.4 Å². The van der Waals surface area contributed by atoms with Crippen molar-refractivity contribution in [2.24, 2.45) is 5.92 Å². The first-order valence-electron chi connectivity index (χ1n) is 6.12. The van der Waals surface area contributed by atoms with Gasteiger partial charge in [0, 0.05) is 6.61 Å². The monoisotopic (exact) mass is 257 g/mol. The average molecular weight is 258 g/mol. The van der Waals surface area contributed by atoms with Gasteiger partial charge in [0.2, 0.25) is 0 Å². The van der Waals surface area contributed by atoms with Crippen molar-refractivity contribution in [1.82, 2.24) is 9.78 Å². The quantitative estimate of drug-likeness (QED) is 0.886. The molecule has 1 saturated heterocycles. The van der Waals surface area contributed by atoms with Crippen LogP contribution in [0.25, 0.3) is 0 Å². The van der Waals surface area contributed by atoms with Crippen LogP contribution in [0.3, 0.4) is 0 Å². The summed E-state index contributed by atoms with van der Waals surface area (Å²) >= 11 is 6.08. The molecule has 0 bridgehead atoms. The van der Waals surface area contributed by atoms with Crippen molar-refractivity contribution in [3.63, 3.8) is 0 Å². The summed E-state index contributed by atoms with van der Waals surface area (Å²) in [5.41, 5.74) is 6.79. The van der Waals surface area contributed by atoms with Gasteiger partial charge in [0.05, 0.1) is 17.8 Å². The second-order valence-corrected chi connectivity index (χ2v) is 5.44. The summed E-state index contributed by atoms with van der Waals surface area (Å²) in [7, 11) is 0. The van der Waals surface area contributed by atoms with Crippen LogP contribution in [0, 0.1) is 12.8 Å². The minimum absolute atomic E-state index is 0.288. The average Bonchev–Trinajstić information content (AvgIpc) is 2.57. The number of ether oxygens (including phenoxy) is 1. The van der Waals surface area contributed by atoms with E-state index in [1.165, 1.54) is 0 Å². The van der Waals surface area contributed by atoms with Crippen molar-refractivity contribution < 1.29 is 4.74 Å². The molecule has 2 atom stereocenters. The Bertz CT molecular complexity index is 403. The summed E-state index contributed by atoms with van der Waals surface area (Å²) in [6.07, 6.45) is 2.20. The van der Waals surface area contributed by atoms with Gasteiger partial charge in [-0.25, -0.2) is 4.68 Å². The smallest absolute Gasteiger partial charge is 0.141 e. The topological polar surface area (TPSA) is 53.1 Å². The molecule has 1 aliphatic rings. The lowest BCUT2D eigenvalue weighted by atomic mass is 9.95. The fraction of sp³-hybridized carbons (Fsp3) is 0.750. The number of anilines is 1. The van der Waals surface area contributed by atoms with Gasteiger partial charge >= 0.3 is 0 Å². The zero-order chi connectivity index (χ0) is 12.6. The Kier molecular flexibility index (Phi) is 3.64. The molecule has 0 saturated carbocycles. The van der Waals surface area contributed by atoms with Gasteiger partial charge in [0.1, 0.15) is 10.8 Å². The molecule has 0 spiro atoms. The van der Waals surface area contributed by atoms with E-state index in [0.717, 1.165) is 25.1 Å². The predicted octanol–water partition coefficient (Wildman–Crippen LogP) is 2.80. The summed E-state index contributed by atoms with van der Waals surface area (Å²) in [5.74, 6) is 1.10. The van der Waals surface area contributed by atoms with E-state index in [9.17, 15) is 0 Å². The van der Waals surface area contributed by atoms with Gasteiger partial charge in [0.25, 0.3) is 0 Å². The summed E-state index contributed by atoms with van der Waals surface area (Å²) < 4.78 is 7.62. The van der Waals surface area contributed by atoms with E-state index in [4.69, 9.17) is 22.1 Å². The number of aromatic nitrogens is 2. The highest BCUT2D eigenvalue weighted by Gasteiger charge is 2.28. The molecule has 2 unspecified atom stereocenters. The van der Waals surface area contributed by atoms with Gasteiger partial charge in [-0.1, -0.05) is 25.4 Å². The maximum Gasteiger partial charge on any atom is 0.141 e. The van der Waals surface area contributed by atoms with Crippen LogP contribution in [0.4, 0.5) is 5.82 Å². The number of rotatable bonds is 2. The molecule has 96 valence electrons. The number of hydrogen-bond donors (Lipinski definition) is 1. The minimum Gasteiger partial charge on any atom is -0.383 e. The lowest BCUT2D eigenvalue weighted by molar-refractivity contribution is -0.0324. The van der Waals surface area contributed by atoms with Crippen LogP contribution in [-0.4, -0.2) is 22.5 Å². The Morgan fingerprint density at radius 2 is 2.24 bits per heavy atom. The predicted molar refractivity (Wildman–Crippen MR) is 69.2 cm³/mol. The Labute approximate surface area is 107 Å². The normalized spacial score (nSPS) is 25.5. The second kappa shape index (κ2) is 4.86. The largest absolute Gasteiger partial charge is 0.383 e. The van der Waals surface area contributed by atoms with Gasteiger partial charge in [0.15, 0.2) is 0 Å². The summed E-state index contributed by atoms with van der Waals surface area (Å²) in [6.45, 7) is 7.01. The van der Waals surface area contributed by atoms with Gasteiger partial charge in [-0.15, -0.1) is 0 Å². The molecule has 4 nitrogen and oxygen atoms in total. The Hall–Kier alpha value is -0.740. The molecule has 17 heavy (non-hydrogen) atoms. The van der Waals surface area contributed by atoms with E-state index < -0.39 is 0 Å². The number of nitrogens with zero attached hydrogens (tertiary/aromatic N) is 2. The van der Waals surface area contributed by atoms with Crippen molar-refractivity contribution in [3.05, 3.63) is 10.7 Å². The van der Waals surface area contributed by atoms with E-state index in [1.54, 1.807) is 0 Å². The van der Waals surface area contributed by atoms with Crippen LogP contribution in [0.2, 0.25) is 5.02 Å². The van der Waals surface area contributed by atoms with E-state index in [0.29, 0.717) is 22.8 Å². The molecule has 2 N–H and O–H groups in total. The maximum absolute atomic E-state index is 6.08. The van der Waals surface area contributed by atoms with E-state index in [-0.39, 0.29) is 6.10 Å². The fourth-order valence-electron chi connectivity index (χ4n) is 2.32. The van der Waals surface area contributed by atoms with Gasteiger partial charge < -0.3 is 10.5 Å². The molecule has 0 amide bonds. The first-order valence-corrected chi connectivity index (χ1v) is 6.50. The lowest BCUT2D eigenvalue weighted by Gasteiger charge is -2.32. The lowest BCUT2D eigenvalue weighted by Crippen LogP contribution is -2.32. The summed E-state index contributed by atoms with van der Waals surface area (Å²) in [6, 6.07) is 0.308. The fourth-order valence-corrected chi connectivity index (χ4v) is 2.44. The van der Waals surface area contributed by atoms with Crippen LogP contribution in [-0.2, 0) is 4.74 Å². The van der Waals surface area contributed by atoms with Crippen molar-refractivity contribution in [2.45, 2.75) is 45.8 Å². The van der Waals surface area contributed by atoms with Crippen LogP contribution in [0.1, 0.15) is 38.4 Å². The number of nitrogen functional groups attached to an aromatic ring is 1. The van der Waals surface area contributed by atoms with Gasteiger partial charge in [-0.2, -0.15) is 5.10 Å². The number of aryl methyl sites for hydroxylation is 1. The van der Waals surface area contributed by atoms with Crippen molar-refractivity contribution in [1.29, 1.82) is 0 Å². The third kappa shape index (κ3) is 2.43. The summed E-state index contributed by atoms with van der Waals surface area (Å²) in [4.78, 5) is 0. The zero-order valence-electron chi connectivity index (χ0n) is 10.6. The SMILES string of the molecule is Cc1nn(C2CCOC(C(C)C)C2)c(N)c1Cl.